The number of dihydropyridines is 1. The summed E-state index contributed by atoms with van der Waals surface area (Å²) in [5.74, 6) is -2.05. The molecule has 0 saturated carbocycles. The molecule has 2 N–H and O–H groups in total. The minimum atomic E-state index is -0.897. The van der Waals surface area contributed by atoms with Crippen LogP contribution in [-0.2, 0) is 19.1 Å². The van der Waals surface area contributed by atoms with Gasteiger partial charge in [0.1, 0.15) is 0 Å². The van der Waals surface area contributed by atoms with E-state index in [1.54, 1.807) is 31.2 Å². The first-order valence-electron chi connectivity index (χ1n) is 8.91. The third-order valence-electron chi connectivity index (χ3n) is 4.37. The number of ether oxygens (including phenoxy) is 2. The average Bonchev–Trinajstić information content (AvgIpc) is 2.70. The van der Waals surface area contributed by atoms with Crippen LogP contribution in [0.25, 0.3) is 0 Å². The van der Waals surface area contributed by atoms with Crippen LogP contribution in [0.15, 0.2) is 46.8 Å². The summed E-state index contributed by atoms with van der Waals surface area (Å²) in [7, 11) is 1.22. The predicted molar refractivity (Wildman–Crippen MR) is 102 cm³/mol. The maximum Gasteiger partial charge on any atom is 0.336 e. The molecule has 0 radical (unpaired) electrons. The molecular formula is C21H24N2O5. The molecule has 0 spiro atoms. The quantitative estimate of drug-likeness (QED) is 0.723. The number of hydrogen-bond donors (Lipinski definition) is 2. The van der Waals surface area contributed by atoms with Crippen LogP contribution in [0, 0.1) is 17.2 Å². The Kier molecular flexibility index (Phi) is 6.96. The summed E-state index contributed by atoms with van der Waals surface area (Å²) in [6.45, 7) is 5.25. The van der Waals surface area contributed by atoms with Gasteiger partial charge in [0.15, 0.2) is 0 Å². The second-order valence-electron chi connectivity index (χ2n) is 6.83. The van der Waals surface area contributed by atoms with Gasteiger partial charge >= 0.3 is 11.9 Å². The Morgan fingerprint density at radius 3 is 2.50 bits per heavy atom. The Morgan fingerprint density at radius 1 is 1.25 bits per heavy atom. The van der Waals surface area contributed by atoms with Crippen molar-refractivity contribution in [2.45, 2.75) is 26.7 Å². The fourth-order valence-electron chi connectivity index (χ4n) is 3.12. The molecule has 0 fully saturated rings. The van der Waals surface area contributed by atoms with E-state index in [4.69, 9.17) is 9.47 Å². The van der Waals surface area contributed by atoms with E-state index in [1.165, 1.54) is 7.11 Å². The Labute approximate surface area is 164 Å². The molecule has 2 rings (SSSR count). The van der Waals surface area contributed by atoms with Gasteiger partial charge in [0.2, 0.25) is 0 Å². The van der Waals surface area contributed by atoms with E-state index in [-0.39, 0.29) is 29.4 Å². The first-order valence-corrected chi connectivity index (χ1v) is 8.91. The van der Waals surface area contributed by atoms with Crippen LogP contribution in [0.2, 0.25) is 0 Å². The van der Waals surface area contributed by atoms with Crippen molar-refractivity contribution in [3.63, 3.8) is 0 Å². The molecule has 0 saturated heterocycles. The summed E-state index contributed by atoms with van der Waals surface area (Å²) in [4.78, 5) is 25.5. The van der Waals surface area contributed by atoms with Gasteiger partial charge in [-0.2, -0.15) is 5.26 Å². The lowest BCUT2D eigenvalue weighted by Gasteiger charge is -2.31. The van der Waals surface area contributed by atoms with E-state index in [9.17, 15) is 20.0 Å². The second kappa shape index (κ2) is 9.20. The molecule has 0 aromatic heterocycles. The number of aliphatic hydroxyl groups is 1. The van der Waals surface area contributed by atoms with Gasteiger partial charge in [-0.3, -0.25) is 0 Å². The second-order valence-corrected chi connectivity index (χ2v) is 6.83. The smallest absolute Gasteiger partial charge is 0.336 e. The minimum Gasteiger partial charge on any atom is -0.466 e. The summed E-state index contributed by atoms with van der Waals surface area (Å²) in [6.07, 6.45) is 0. The van der Waals surface area contributed by atoms with Crippen LogP contribution >= 0.6 is 0 Å². The molecule has 1 atom stereocenters. The number of esters is 2. The Morgan fingerprint density at radius 2 is 1.93 bits per heavy atom. The molecule has 0 aliphatic carbocycles. The SMILES string of the molecule is COC(=O)C1=C(CO)NC(C)=C(C(=O)OCC(C)C)C1c1ccccc1C#N. The number of nitriles is 1. The summed E-state index contributed by atoms with van der Waals surface area (Å²) in [5, 5.41) is 22.2. The summed E-state index contributed by atoms with van der Waals surface area (Å²) in [6, 6.07) is 8.80. The largest absolute Gasteiger partial charge is 0.466 e. The molecule has 1 heterocycles. The van der Waals surface area contributed by atoms with Gasteiger partial charge in [-0.15, -0.1) is 0 Å². The van der Waals surface area contributed by atoms with Crippen molar-refractivity contribution in [1.29, 1.82) is 5.26 Å². The van der Waals surface area contributed by atoms with Gasteiger partial charge in [-0.1, -0.05) is 32.0 Å². The highest BCUT2D eigenvalue weighted by molar-refractivity contribution is 6.00. The average molecular weight is 384 g/mol. The number of aliphatic hydroxyl groups excluding tert-OH is 1. The highest BCUT2D eigenvalue weighted by Gasteiger charge is 2.39. The third-order valence-corrected chi connectivity index (χ3v) is 4.37. The van der Waals surface area contributed by atoms with Crippen molar-refractivity contribution in [2.75, 3.05) is 20.3 Å². The lowest BCUT2D eigenvalue weighted by atomic mass is 9.78. The van der Waals surface area contributed by atoms with Crippen LogP contribution in [-0.4, -0.2) is 37.4 Å². The lowest BCUT2D eigenvalue weighted by molar-refractivity contribution is -0.140. The molecule has 1 aliphatic rings. The van der Waals surface area contributed by atoms with E-state index >= 15 is 0 Å². The van der Waals surface area contributed by atoms with Crippen molar-refractivity contribution < 1.29 is 24.2 Å². The first kappa shape index (κ1) is 21.2. The molecule has 148 valence electrons. The normalized spacial score (nSPS) is 16.5. The standard InChI is InChI=1S/C21H24N2O5/c1-12(2)11-28-21(26)17-13(3)23-16(10-24)19(20(25)27-4)18(17)15-8-6-5-7-14(15)9-22/h5-8,12,18,23-24H,10-11H2,1-4H3. The zero-order valence-electron chi connectivity index (χ0n) is 16.4. The van der Waals surface area contributed by atoms with Crippen molar-refractivity contribution >= 4 is 11.9 Å². The lowest BCUT2D eigenvalue weighted by Crippen LogP contribution is -2.34. The molecule has 1 aromatic rings. The summed E-state index contributed by atoms with van der Waals surface area (Å²) >= 11 is 0. The van der Waals surface area contributed by atoms with E-state index in [0.717, 1.165) is 0 Å². The molecule has 1 aromatic carbocycles. The number of nitrogens with zero attached hydrogens (tertiary/aromatic N) is 1. The van der Waals surface area contributed by atoms with Gasteiger partial charge in [0.05, 0.1) is 54.7 Å². The van der Waals surface area contributed by atoms with Gasteiger partial charge in [0, 0.05) is 5.70 Å². The maximum absolute atomic E-state index is 12.9. The Bertz CT molecular complexity index is 877. The van der Waals surface area contributed by atoms with Crippen LogP contribution in [0.1, 0.15) is 37.8 Å². The number of carbonyl (C=O) groups excluding carboxylic acids is 2. The number of hydrogen-bond acceptors (Lipinski definition) is 7. The molecule has 28 heavy (non-hydrogen) atoms. The summed E-state index contributed by atoms with van der Waals surface area (Å²) < 4.78 is 10.3. The molecule has 1 unspecified atom stereocenters. The van der Waals surface area contributed by atoms with Gasteiger partial charge in [-0.25, -0.2) is 9.59 Å². The van der Waals surface area contributed by atoms with Crippen LogP contribution < -0.4 is 5.32 Å². The van der Waals surface area contributed by atoms with Crippen molar-refractivity contribution in [3.8, 4) is 6.07 Å². The van der Waals surface area contributed by atoms with Gasteiger partial charge in [0.25, 0.3) is 0 Å². The molecular weight excluding hydrogens is 360 g/mol. The molecule has 7 heteroatoms. The van der Waals surface area contributed by atoms with Crippen molar-refractivity contribution in [2.24, 2.45) is 5.92 Å². The number of rotatable bonds is 6. The monoisotopic (exact) mass is 384 g/mol. The number of benzene rings is 1. The zero-order valence-corrected chi connectivity index (χ0v) is 16.4. The third kappa shape index (κ3) is 4.24. The Balaban J connectivity index is 2.70. The van der Waals surface area contributed by atoms with E-state index in [0.29, 0.717) is 16.8 Å². The minimum absolute atomic E-state index is 0.0785. The van der Waals surface area contributed by atoms with Crippen LogP contribution in [0.5, 0.6) is 0 Å². The number of carbonyl (C=O) groups is 2. The molecule has 1 aliphatic heterocycles. The number of methoxy groups -OCH3 is 1. The van der Waals surface area contributed by atoms with Crippen molar-refractivity contribution in [3.05, 3.63) is 57.9 Å². The highest BCUT2D eigenvalue weighted by Crippen LogP contribution is 2.40. The zero-order chi connectivity index (χ0) is 20.8. The maximum atomic E-state index is 12.9. The van der Waals surface area contributed by atoms with Crippen LogP contribution in [0.3, 0.4) is 0 Å². The van der Waals surface area contributed by atoms with E-state index < -0.39 is 24.5 Å². The number of allylic oxidation sites excluding steroid dienone is 1. The van der Waals surface area contributed by atoms with Gasteiger partial charge in [-0.05, 0) is 24.5 Å². The predicted octanol–water partition coefficient (Wildman–Crippen LogP) is 2.14. The summed E-state index contributed by atoms with van der Waals surface area (Å²) in [5.41, 5.74) is 1.74. The topological polar surface area (TPSA) is 109 Å². The highest BCUT2D eigenvalue weighted by atomic mass is 16.5. The molecule has 0 amide bonds. The fraction of sp³-hybridized carbons (Fsp3) is 0.381. The fourth-order valence-corrected chi connectivity index (χ4v) is 3.12. The molecule has 0 bridgehead atoms. The number of nitrogens with one attached hydrogen (secondary N) is 1. The van der Waals surface area contributed by atoms with Crippen LogP contribution in [0.4, 0.5) is 0 Å². The Hall–Kier alpha value is -3.11. The van der Waals surface area contributed by atoms with E-state index in [2.05, 4.69) is 11.4 Å². The first-order chi connectivity index (χ1) is 13.3. The van der Waals surface area contributed by atoms with Crippen molar-refractivity contribution in [1.82, 2.24) is 5.32 Å². The molecule has 7 nitrogen and oxygen atoms in total. The van der Waals surface area contributed by atoms with Gasteiger partial charge < -0.3 is 19.9 Å². The van der Waals surface area contributed by atoms with E-state index in [1.807, 2.05) is 13.8 Å².